The minimum Gasteiger partial charge on any atom is -0.480 e. The molecule has 0 aliphatic rings. The van der Waals surface area contributed by atoms with E-state index in [9.17, 15) is 76.7 Å². The lowest BCUT2D eigenvalue weighted by molar-refractivity contribution is -0.141. The highest BCUT2D eigenvalue weighted by molar-refractivity contribution is 5.97. The Labute approximate surface area is 537 Å². The Balaban J connectivity index is 5.65. The number of amides is 15. The number of carbonyl (C=O) groups is 16. The van der Waals surface area contributed by atoms with Gasteiger partial charge in [-0.05, 0) is 103 Å². The van der Waals surface area contributed by atoms with Crippen LogP contribution in [-0.4, -0.2) is 238 Å². The number of rotatable bonds is 49. The van der Waals surface area contributed by atoms with Crippen LogP contribution in [0.4, 0.5) is 0 Å². The molecular formula is C54H97N21O18. The minimum atomic E-state index is -1.30. The molecule has 15 amide bonds. The molecule has 39 nitrogen and oxygen atoms in total. The predicted molar refractivity (Wildman–Crippen MR) is 332 cm³/mol. The van der Waals surface area contributed by atoms with Gasteiger partial charge in [0.25, 0.3) is 0 Å². The van der Waals surface area contributed by atoms with Crippen LogP contribution in [0.25, 0.3) is 0 Å². The number of nitrogens with two attached hydrogens (primary N) is 5. The highest BCUT2D eigenvalue weighted by atomic mass is 16.4. The lowest BCUT2D eigenvalue weighted by Gasteiger charge is -2.22. The summed E-state index contributed by atoms with van der Waals surface area (Å²) >= 11 is 0. The van der Waals surface area contributed by atoms with Crippen LogP contribution in [0.5, 0.6) is 0 Å². The molecule has 0 aromatic rings. The van der Waals surface area contributed by atoms with Gasteiger partial charge >= 0.3 is 5.97 Å². The van der Waals surface area contributed by atoms with Gasteiger partial charge in [0.2, 0.25) is 88.6 Å². The van der Waals surface area contributed by atoms with Crippen molar-refractivity contribution in [1.82, 2.24) is 79.8 Å². The zero-order valence-corrected chi connectivity index (χ0v) is 53.1. The summed E-state index contributed by atoms with van der Waals surface area (Å²) in [6.07, 6.45) is 2.60. The number of aliphatic hydroxyl groups is 1. The number of aliphatic hydroxyl groups excluding tert-OH is 1. The largest absolute Gasteiger partial charge is 0.480 e. The number of aliphatic imine (C=N–C) groups is 1. The number of hydrogen-bond donors (Lipinski definition) is 22. The number of hydrogen-bond acceptors (Lipinski definition) is 21. The van der Waals surface area contributed by atoms with Gasteiger partial charge < -0.3 is 119 Å². The summed E-state index contributed by atoms with van der Waals surface area (Å²) in [6, 6.07) is -8.76. The molecule has 526 valence electrons. The van der Waals surface area contributed by atoms with E-state index < -0.39 is 190 Å². The first-order valence-corrected chi connectivity index (χ1v) is 30.2. The average molecular weight is 1330 g/mol. The summed E-state index contributed by atoms with van der Waals surface area (Å²) in [5, 5.41) is 53.7. The van der Waals surface area contributed by atoms with E-state index in [-0.39, 0.29) is 82.5 Å². The first-order valence-electron chi connectivity index (χ1n) is 30.2. The molecule has 0 spiro atoms. The van der Waals surface area contributed by atoms with E-state index >= 15 is 0 Å². The van der Waals surface area contributed by atoms with Crippen molar-refractivity contribution in [1.29, 1.82) is 0 Å². The molecule has 0 saturated heterocycles. The van der Waals surface area contributed by atoms with E-state index in [1.165, 1.54) is 13.8 Å². The molecule has 0 aliphatic carbocycles. The summed E-state index contributed by atoms with van der Waals surface area (Å²) in [7, 11) is 0. The third kappa shape index (κ3) is 41.6. The Morgan fingerprint density at radius 2 is 0.710 bits per heavy atom. The minimum absolute atomic E-state index is 0.0206. The topological polar surface area (TPSA) is 636 Å². The van der Waals surface area contributed by atoms with Gasteiger partial charge in [-0.25, -0.2) is 0 Å². The van der Waals surface area contributed by atoms with Gasteiger partial charge in [-0.3, -0.25) is 81.7 Å². The average Bonchev–Trinajstić information content (AvgIpc) is 1.99. The van der Waals surface area contributed by atoms with Crippen molar-refractivity contribution >= 4 is 101 Å². The van der Waals surface area contributed by atoms with Crippen LogP contribution in [0.2, 0.25) is 0 Å². The first kappa shape index (κ1) is 83.6. The summed E-state index contributed by atoms with van der Waals surface area (Å²) in [6.45, 7) is 0.890. The number of aliphatic carboxylic acids is 1. The number of nitrogens with one attached hydrogen (secondary N) is 15. The highest BCUT2D eigenvalue weighted by Gasteiger charge is 2.29. The Morgan fingerprint density at radius 1 is 0.398 bits per heavy atom. The van der Waals surface area contributed by atoms with Crippen molar-refractivity contribution in [3.8, 4) is 0 Å². The molecule has 0 unspecified atom stereocenters. The molecule has 27 N–H and O–H groups in total. The van der Waals surface area contributed by atoms with Gasteiger partial charge in [-0.1, -0.05) is 13.8 Å². The van der Waals surface area contributed by atoms with E-state index in [2.05, 4.69) is 84.7 Å². The van der Waals surface area contributed by atoms with Crippen LogP contribution in [0.3, 0.4) is 0 Å². The number of carboxylic acids is 1. The molecule has 0 radical (unpaired) electrons. The van der Waals surface area contributed by atoms with E-state index in [1.54, 1.807) is 13.8 Å². The number of guanidine groups is 1. The number of nitrogens with zero attached hydrogens (tertiary/aromatic N) is 1. The molecule has 39 heteroatoms. The zero-order valence-electron chi connectivity index (χ0n) is 53.1. The Hall–Kier alpha value is -9.37. The van der Waals surface area contributed by atoms with Gasteiger partial charge in [-0.2, -0.15) is 0 Å². The van der Waals surface area contributed by atoms with Crippen molar-refractivity contribution in [2.75, 3.05) is 85.1 Å². The van der Waals surface area contributed by atoms with Crippen LogP contribution < -0.4 is 108 Å². The van der Waals surface area contributed by atoms with Gasteiger partial charge in [0.15, 0.2) is 5.96 Å². The molecule has 0 bridgehead atoms. The second-order valence-corrected chi connectivity index (χ2v) is 21.5. The summed E-state index contributed by atoms with van der Waals surface area (Å²) < 4.78 is 0. The normalized spacial score (nSPS) is 12.9. The van der Waals surface area contributed by atoms with Crippen molar-refractivity contribution < 1.29 is 86.9 Å². The van der Waals surface area contributed by atoms with Crippen molar-refractivity contribution in [3.63, 3.8) is 0 Å². The zero-order chi connectivity index (χ0) is 70.4. The third-order valence-corrected chi connectivity index (χ3v) is 12.8. The van der Waals surface area contributed by atoms with Crippen LogP contribution in [0.15, 0.2) is 4.99 Å². The molecule has 0 aromatic carbocycles. The molecule has 0 heterocycles. The Morgan fingerprint density at radius 3 is 1.04 bits per heavy atom. The lowest BCUT2D eigenvalue weighted by atomic mass is 10.0. The van der Waals surface area contributed by atoms with Gasteiger partial charge in [0.05, 0.1) is 59.0 Å². The van der Waals surface area contributed by atoms with Crippen molar-refractivity contribution in [2.45, 2.75) is 147 Å². The van der Waals surface area contributed by atoms with Gasteiger partial charge in [-0.15, -0.1) is 0 Å². The molecule has 0 aromatic heterocycles. The number of carboxylic acid groups (broad SMARTS) is 1. The standard InChI is InChI=1S/C54H97N21O18/c1-30(2)20-38(52(91)69-27-45(84)73-36(14-7-10-18-60-32(4)77)49(88)66-21-39(78)62-23-41(80)70-31(3)53(92)93)75-46(85)28-68-50(89)35(13-6-9-17-56)71-42(81)24-63-40(79)22-65-48(87)34(12-5-8-16-55)72-44(83)26-67-51(90)37(15-11-19-61-54(58)59)74-43(82)25-64-47(86)33(57)29-76/h30-31,33-38,76H,5-29,55-57H2,1-4H3,(H,60,77)(H,62,78)(H,63,79)(H,64,86)(H,65,87)(H,66,88)(H,67,90)(H,68,89)(H,69,91)(H,70,80)(H,71,81)(H,72,83)(H,73,84)(H,74,82)(H,75,85)(H,92,93)(H4,58,59,61)/t31-,33-,34-,35-,36-,37-,38-/m0/s1. The Bertz CT molecular complexity index is 2540. The van der Waals surface area contributed by atoms with E-state index in [0.29, 0.717) is 38.5 Å². The van der Waals surface area contributed by atoms with E-state index in [1.807, 2.05) is 0 Å². The molecule has 7 atom stereocenters. The second-order valence-electron chi connectivity index (χ2n) is 21.5. The Kier molecular flexibility index (Phi) is 43.5. The fraction of sp³-hybridized carbons (Fsp3) is 0.685. The first-order chi connectivity index (χ1) is 43.9. The maximum absolute atomic E-state index is 13.4. The van der Waals surface area contributed by atoms with Crippen LogP contribution >= 0.6 is 0 Å². The second kappa shape index (κ2) is 48.4. The summed E-state index contributed by atoms with van der Waals surface area (Å²) in [4.78, 5) is 207. The highest BCUT2D eigenvalue weighted by Crippen LogP contribution is 2.07. The maximum Gasteiger partial charge on any atom is 0.325 e. The summed E-state index contributed by atoms with van der Waals surface area (Å²) in [5.74, 6) is -13.6. The maximum atomic E-state index is 13.4. The monoisotopic (exact) mass is 1330 g/mol. The molecule has 93 heavy (non-hydrogen) atoms. The van der Waals surface area contributed by atoms with Crippen LogP contribution in [0.1, 0.15) is 105 Å². The summed E-state index contributed by atoms with van der Waals surface area (Å²) in [5.41, 5.74) is 27.4. The predicted octanol–water partition coefficient (Wildman–Crippen LogP) is -11.1. The smallest absolute Gasteiger partial charge is 0.325 e. The van der Waals surface area contributed by atoms with E-state index in [0.717, 1.165) is 0 Å². The van der Waals surface area contributed by atoms with Gasteiger partial charge in [0, 0.05) is 20.0 Å². The van der Waals surface area contributed by atoms with Crippen LogP contribution in [0, 0.1) is 5.92 Å². The molecule has 0 saturated carbocycles. The number of unbranched alkanes of at least 4 members (excludes halogenated alkanes) is 3. The van der Waals surface area contributed by atoms with Crippen molar-refractivity contribution in [3.05, 3.63) is 0 Å². The van der Waals surface area contributed by atoms with Crippen LogP contribution in [-0.2, 0) is 76.7 Å². The molecular weight excluding hydrogens is 1230 g/mol. The number of carbonyl (C=O) groups excluding carboxylic acids is 15. The third-order valence-electron chi connectivity index (χ3n) is 12.8. The quantitative estimate of drug-likeness (QED) is 0.0153. The molecule has 0 aliphatic heterocycles. The molecule has 0 fully saturated rings. The fourth-order valence-electron chi connectivity index (χ4n) is 7.90. The lowest BCUT2D eigenvalue weighted by Crippen LogP contribution is -2.55. The molecule has 0 rings (SSSR count). The fourth-order valence-corrected chi connectivity index (χ4v) is 7.90. The van der Waals surface area contributed by atoms with Gasteiger partial charge in [0.1, 0.15) is 42.3 Å². The SMILES string of the molecule is CC(=O)NCCCC[C@H](NC(=O)CNC(=O)[C@H](CC(C)C)NC(=O)CNC(=O)[C@H](CCCCN)NC(=O)CNC(=O)CNC(=O)[C@H](CCCCN)NC(=O)CNC(=O)[C@H](CCCN=C(N)N)NC(=O)CNC(=O)[C@@H](N)CO)C(=O)NCC(=O)NCC(=O)N[C@@H](C)C(=O)O. The van der Waals surface area contributed by atoms with E-state index in [4.69, 9.17) is 38.9 Å². The van der Waals surface area contributed by atoms with Crippen molar-refractivity contribution in [2.24, 2.45) is 39.6 Å².